The molecule has 0 aromatic carbocycles. The van der Waals surface area contributed by atoms with Crippen molar-refractivity contribution in [1.82, 2.24) is 0 Å². The molecule has 0 saturated carbocycles. The summed E-state index contributed by atoms with van der Waals surface area (Å²) in [6, 6.07) is -0.529. The van der Waals surface area contributed by atoms with Crippen molar-refractivity contribution < 1.29 is 19.7 Å². The SMILES string of the molecule is CC(C)O[C@@H]1C(CO)O[C@@H](C(C)(C)C(C)C)C(N)C1O. The van der Waals surface area contributed by atoms with Crippen LogP contribution in [0.2, 0.25) is 0 Å². The monoisotopic (exact) mass is 289 g/mol. The highest BCUT2D eigenvalue weighted by Crippen LogP contribution is 2.38. The van der Waals surface area contributed by atoms with Crippen molar-refractivity contribution >= 4 is 0 Å². The van der Waals surface area contributed by atoms with E-state index >= 15 is 0 Å². The van der Waals surface area contributed by atoms with Crippen molar-refractivity contribution in [1.29, 1.82) is 0 Å². The number of hydrogen-bond acceptors (Lipinski definition) is 5. The molecule has 1 rings (SSSR count). The third-order valence-electron chi connectivity index (χ3n) is 4.60. The largest absolute Gasteiger partial charge is 0.394 e. The molecule has 1 saturated heterocycles. The van der Waals surface area contributed by atoms with E-state index in [1.54, 1.807) is 0 Å². The van der Waals surface area contributed by atoms with Gasteiger partial charge in [-0.15, -0.1) is 0 Å². The summed E-state index contributed by atoms with van der Waals surface area (Å²) in [6.07, 6.45) is -2.36. The number of nitrogens with two attached hydrogens (primary N) is 1. The fourth-order valence-electron chi connectivity index (χ4n) is 2.60. The van der Waals surface area contributed by atoms with Crippen molar-refractivity contribution in [3.63, 3.8) is 0 Å². The minimum absolute atomic E-state index is 0.0610. The van der Waals surface area contributed by atoms with Crippen molar-refractivity contribution in [2.75, 3.05) is 6.61 Å². The van der Waals surface area contributed by atoms with E-state index in [2.05, 4.69) is 27.7 Å². The molecule has 0 aromatic rings. The summed E-state index contributed by atoms with van der Waals surface area (Å²) in [5.74, 6) is 0.340. The number of aliphatic hydroxyl groups excluding tert-OH is 2. The lowest BCUT2D eigenvalue weighted by molar-refractivity contribution is -0.238. The maximum atomic E-state index is 10.5. The molecule has 5 heteroatoms. The second kappa shape index (κ2) is 6.71. The summed E-state index contributed by atoms with van der Waals surface area (Å²) in [5, 5.41) is 20.0. The van der Waals surface area contributed by atoms with Crippen LogP contribution in [0, 0.1) is 11.3 Å². The van der Waals surface area contributed by atoms with Gasteiger partial charge in [0.25, 0.3) is 0 Å². The fraction of sp³-hybridized carbons (Fsp3) is 1.00. The molecule has 20 heavy (non-hydrogen) atoms. The third kappa shape index (κ3) is 3.52. The molecule has 1 aliphatic heterocycles. The molecule has 0 aliphatic carbocycles. The second-order valence-corrected chi connectivity index (χ2v) is 6.97. The van der Waals surface area contributed by atoms with Crippen LogP contribution < -0.4 is 5.73 Å². The molecular weight excluding hydrogens is 258 g/mol. The van der Waals surface area contributed by atoms with E-state index in [0.717, 1.165) is 0 Å². The van der Waals surface area contributed by atoms with Gasteiger partial charge in [0.05, 0.1) is 24.9 Å². The Bertz CT molecular complexity index is 304. The highest BCUT2D eigenvalue weighted by atomic mass is 16.6. The van der Waals surface area contributed by atoms with E-state index < -0.39 is 24.4 Å². The Morgan fingerprint density at radius 3 is 2.20 bits per heavy atom. The van der Waals surface area contributed by atoms with Crippen LogP contribution in [0.15, 0.2) is 0 Å². The van der Waals surface area contributed by atoms with Gasteiger partial charge in [0.15, 0.2) is 0 Å². The molecule has 5 nitrogen and oxygen atoms in total. The van der Waals surface area contributed by atoms with Crippen molar-refractivity contribution in [3.8, 4) is 0 Å². The Kier molecular flexibility index (Phi) is 5.99. The quantitative estimate of drug-likeness (QED) is 0.700. The zero-order valence-electron chi connectivity index (χ0n) is 13.5. The van der Waals surface area contributed by atoms with Gasteiger partial charge in [0, 0.05) is 0 Å². The van der Waals surface area contributed by atoms with Crippen LogP contribution in [0.4, 0.5) is 0 Å². The zero-order chi connectivity index (χ0) is 15.7. The van der Waals surface area contributed by atoms with Gasteiger partial charge in [-0.25, -0.2) is 0 Å². The molecule has 0 spiro atoms. The van der Waals surface area contributed by atoms with Gasteiger partial charge < -0.3 is 25.4 Å². The number of hydrogen-bond donors (Lipinski definition) is 3. The van der Waals surface area contributed by atoms with E-state index in [-0.39, 0.29) is 24.2 Å². The average Bonchev–Trinajstić information content (AvgIpc) is 2.34. The van der Waals surface area contributed by atoms with Gasteiger partial charge in [-0.05, 0) is 25.2 Å². The number of ether oxygens (including phenoxy) is 2. The summed E-state index contributed by atoms with van der Waals surface area (Å²) in [5.41, 5.74) is 6.00. The smallest absolute Gasteiger partial charge is 0.114 e. The van der Waals surface area contributed by atoms with Gasteiger partial charge >= 0.3 is 0 Å². The van der Waals surface area contributed by atoms with Crippen LogP contribution in [-0.4, -0.2) is 53.4 Å². The minimum Gasteiger partial charge on any atom is -0.394 e. The molecule has 4 N–H and O–H groups in total. The number of aliphatic hydroxyl groups is 2. The Balaban J connectivity index is 2.96. The molecule has 1 aliphatic rings. The Morgan fingerprint density at radius 2 is 1.80 bits per heavy atom. The van der Waals surface area contributed by atoms with Crippen molar-refractivity contribution in [2.45, 2.75) is 78.1 Å². The van der Waals surface area contributed by atoms with E-state index in [9.17, 15) is 10.2 Å². The lowest BCUT2D eigenvalue weighted by atomic mass is 9.71. The Morgan fingerprint density at radius 1 is 1.25 bits per heavy atom. The molecule has 1 fully saturated rings. The van der Waals surface area contributed by atoms with Gasteiger partial charge in [-0.1, -0.05) is 27.7 Å². The summed E-state index contributed by atoms with van der Waals surface area (Å²) >= 11 is 0. The van der Waals surface area contributed by atoms with E-state index in [1.807, 2.05) is 13.8 Å². The van der Waals surface area contributed by atoms with Crippen molar-refractivity contribution in [3.05, 3.63) is 0 Å². The molecule has 0 bridgehead atoms. The average molecular weight is 289 g/mol. The number of rotatable bonds is 5. The molecule has 120 valence electrons. The topological polar surface area (TPSA) is 84.9 Å². The lowest BCUT2D eigenvalue weighted by Gasteiger charge is -2.50. The lowest BCUT2D eigenvalue weighted by Crippen LogP contribution is -2.66. The summed E-state index contributed by atoms with van der Waals surface area (Å²) in [7, 11) is 0. The van der Waals surface area contributed by atoms with Crippen LogP contribution in [0.5, 0.6) is 0 Å². The first-order chi connectivity index (χ1) is 9.12. The maximum absolute atomic E-state index is 10.5. The van der Waals surface area contributed by atoms with Crippen LogP contribution in [-0.2, 0) is 9.47 Å². The van der Waals surface area contributed by atoms with Crippen LogP contribution in [0.25, 0.3) is 0 Å². The molecule has 5 atom stereocenters. The first-order valence-electron chi connectivity index (χ1n) is 7.48. The predicted octanol–water partition coefficient (Wildman–Crippen LogP) is 0.910. The van der Waals surface area contributed by atoms with Gasteiger partial charge in [-0.2, -0.15) is 0 Å². The van der Waals surface area contributed by atoms with E-state index in [1.165, 1.54) is 0 Å². The van der Waals surface area contributed by atoms with Crippen molar-refractivity contribution in [2.24, 2.45) is 17.1 Å². The van der Waals surface area contributed by atoms with Gasteiger partial charge in [0.2, 0.25) is 0 Å². The normalized spacial score (nSPS) is 35.9. The summed E-state index contributed by atoms with van der Waals surface area (Å²) in [6.45, 7) is 11.9. The summed E-state index contributed by atoms with van der Waals surface area (Å²) < 4.78 is 11.7. The predicted molar refractivity (Wildman–Crippen MR) is 78.4 cm³/mol. The third-order valence-corrected chi connectivity index (χ3v) is 4.60. The Hall–Kier alpha value is -0.200. The zero-order valence-corrected chi connectivity index (χ0v) is 13.5. The van der Waals surface area contributed by atoms with E-state index in [0.29, 0.717) is 5.92 Å². The van der Waals surface area contributed by atoms with Crippen LogP contribution >= 0.6 is 0 Å². The second-order valence-electron chi connectivity index (χ2n) is 6.97. The molecule has 0 radical (unpaired) electrons. The minimum atomic E-state index is -0.841. The fourth-order valence-corrected chi connectivity index (χ4v) is 2.60. The maximum Gasteiger partial charge on any atom is 0.114 e. The standard InChI is InChI=1S/C15H31NO4/c1-8(2)15(5,6)14-11(16)12(18)13(19-9(3)4)10(7-17)20-14/h8-14,17-18H,7,16H2,1-6H3/t10?,11?,12?,13-,14-/m1/s1. The highest BCUT2D eigenvalue weighted by molar-refractivity contribution is 5.01. The molecule has 1 heterocycles. The highest BCUT2D eigenvalue weighted by Gasteiger charge is 2.50. The Labute approximate surface area is 122 Å². The van der Waals surface area contributed by atoms with Crippen LogP contribution in [0.3, 0.4) is 0 Å². The van der Waals surface area contributed by atoms with Gasteiger partial charge in [-0.3, -0.25) is 0 Å². The van der Waals surface area contributed by atoms with Gasteiger partial charge in [0.1, 0.15) is 18.3 Å². The molecule has 3 unspecified atom stereocenters. The molecule has 0 amide bonds. The first-order valence-corrected chi connectivity index (χ1v) is 7.48. The first kappa shape index (κ1) is 17.9. The molecule has 0 aromatic heterocycles. The molecular formula is C15H31NO4. The van der Waals surface area contributed by atoms with Crippen LogP contribution in [0.1, 0.15) is 41.5 Å². The summed E-state index contributed by atoms with van der Waals surface area (Å²) in [4.78, 5) is 0. The van der Waals surface area contributed by atoms with E-state index in [4.69, 9.17) is 15.2 Å².